The second-order valence-electron chi connectivity index (χ2n) is 10.5. The summed E-state index contributed by atoms with van der Waals surface area (Å²) in [5.41, 5.74) is 8.85. The summed E-state index contributed by atoms with van der Waals surface area (Å²) in [4.78, 5) is 14.1. The van der Waals surface area contributed by atoms with Crippen molar-refractivity contribution >= 4 is 32.6 Å². The van der Waals surface area contributed by atoms with E-state index in [2.05, 4.69) is 93.4 Å². The largest absolute Gasteiger partial charge is 0.309 e. The molecule has 200 valence electrons. The predicted octanol–water partition coefficient (Wildman–Crippen LogP) is 8.99. The lowest BCUT2D eigenvalue weighted by Gasteiger charge is -2.13. The first-order valence-electron chi connectivity index (χ1n) is 14.1. The molecular formula is C38H23N5. The lowest BCUT2D eigenvalue weighted by molar-refractivity contribution is 1.17. The van der Waals surface area contributed by atoms with Crippen molar-refractivity contribution in [1.29, 1.82) is 5.26 Å². The van der Waals surface area contributed by atoms with Crippen molar-refractivity contribution in [2.75, 3.05) is 0 Å². The maximum absolute atomic E-state index is 10.1. The zero-order chi connectivity index (χ0) is 28.8. The van der Waals surface area contributed by atoms with Crippen molar-refractivity contribution in [2.24, 2.45) is 0 Å². The molecule has 0 amide bonds. The average molecular weight is 550 g/mol. The van der Waals surface area contributed by atoms with E-state index < -0.39 is 0 Å². The average Bonchev–Trinajstić information content (AvgIpc) is 3.42. The van der Waals surface area contributed by atoms with Gasteiger partial charge in [-0.3, -0.25) is 9.97 Å². The number of nitriles is 1. The predicted molar refractivity (Wildman–Crippen MR) is 173 cm³/mol. The zero-order valence-electron chi connectivity index (χ0n) is 23.0. The quantitative estimate of drug-likeness (QED) is 0.220. The summed E-state index contributed by atoms with van der Waals surface area (Å²) in [5.74, 6) is 0. The van der Waals surface area contributed by atoms with Crippen LogP contribution >= 0.6 is 0 Å². The Kier molecular flexibility index (Phi) is 5.77. The van der Waals surface area contributed by atoms with Crippen LogP contribution in [-0.4, -0.2) is 19.5 Å². The van der Waals surface area contributed by atoms with Gasteiger partial charge in [0.2, 0.25) is 0 Å². The molecule has 8 rings (SSSR count). The molecule has 0 atom stereocenters. The number of aromatic nitrogens is 4. The van der Waals surface area contributed by atoms with Gasteiger partial charge in [-0.1, -0.05) is 60.7 Å². The molecule has 0 fully saturated rings. The summed E-state index contributed by atoms with van der Waals surface area (Å²) in [7, 11) is 0. The third kappa shape index (κ3) is 4.30. The van der Waals surface area contributed by atoms with Crippen LogP contribution in [0, 0.1) is 11.3 Å². The van der Waals surface area contributed by atoms with E-state index in [4.69, 9.17) is 4.98 Å². The summed E-state index contributed by atoms with van der Waals surface area (Å²) in [5, 5.41) is 14.7. The maximum atomic E-state index is 10.1. The Hall–Kier alpha value is -6.12. The van der Waals surface area contributed by atoms with E-state index in [9.17, 15) is 5.26 Å². The lowest BCUT2D eigenvalue weighted by atomic mass is 9.98. The minimum absolute atomic E-state index is 0.560. The van der Waals surface area contributed by atoms with E-state index in [0.717, 1.165) is 61.3 Å². The molecule has 5 nitrogen and oxygen atoms in total. The molecule has 4 heterocycles. The van der Waals surface area contributed by atoms with E-state index in [1.54, 1.807) is 12.4 Å². The van der Waals surface area contributed by atoms with Crippen LogP contribution in [0.2, 0.25) is 0 Å². The van der Waals surface area contributed by atoms with Gasteiger partial charge in [0.1, 0.15) is 0 Å². The fourth-order valence-electron chi connectivity index (χ4n) is 5.91. The number of hydrogen-bond acceptors (Lipinski definition) is 4. The lowest BCUT2D eigenvalue weighted by Crippen LogP contribution is -1.98. The van der Waals surface area contributed by atoms with Gasteiger partial charge in [-0.15, -0.1) is 0 Å². The van der Waals surface area contributed by atoms with Gasteiger partial charge < -0.3 is 4.57 Å². The monoisotopic (exact) mass is 549 g/mol. The van der Waals surface area contributed by atoms with Crippen LogP contribution in [0.4, 0.5) is 0 Å². The highest BCUT2D eigenvalue weighted by Gasteiger charge is 2.16. The van der Waals surface area contributed by atoms with Crippen LogP contribution < -0.4 is 0 Å². The minimum Gasteiger partial charge on any atom is -0.309 e. The van der Waals surface area contributed by atoms with Crippen LogP contribution in [-0.2, 0) is 0 Å². The SMILES string of the molecule is N#Cc1cc(-c2cc(-c3ccc4ccccc4c3)cc(-c3ccccn3)n2)cc(-n2c3ccccc3c3cnccc32)c1. The van der Waals surface area contributed by atoms with E-state index >= 15 is 0 Å². The Bertz CT molecular complexity index is 2310. The number of hydrogen-bond donors (Lipinski definition) is 0. The summed E-state index contributed by atoms with van der Waals surface area (Å²) in [6.45, 7) is 0. The van der Waals surface area contributed by atoms with Crippen molar-refractivity contribution in [2.45, 2.75) is 0 Å². The zero-order valence-corrected chi connectivity index (χ0v) is 23.0. The van der Waals surface area contributed by atoms with Crippen LogP contribution in [0.5, 0.6) is 0 Å². The highest BCUT2D eigenvalue weighted by Crippen LogP contribution is 2.35. The van der Waals surface area contributed by atoms with Gasteiger partial charge >= 0.3 is 0 Å². The fourth-order valence-corrected chi connectivity index (χ4v) is 5.91. The van der Waals surface area contributed by atoms with Gasteiger partial charge in [0.25, 0.3) is 0 Å². The smallest absolute Gasteiger partial charge is 0.0992 e. The molecule has 0 aliphatic carbocycles. The van der Waals surface area contributed by atoms with Gasteiger partial charge in [0.05, 0.1) is 39.7 Å². The maximum Gasteiger partial charge on any atom is 0.0992 e. The second kappa shape index (κ2) is 10.1. The van der Waals surface area contributed by atoms with Crippen LogP contribution in [0.3, 0.4) is 0 Å². The van der Waals surface area contributed by atoms with Crippen LogP contribution in [0.25, 0.3) is 72.0 Å². The molecule has 0 N–H and O–H groups in total. The molecule has 8 aromatic rings. The molecule has 0 aliphatic heterocycles. The number of nitrogens with zero attached hydrogens (tertiary/aromatic N) is 5. The van der Waals surface area contributed by atoms with E-state index in [-0.39, 0.29) is 0 Å². The number of pyridine rings is 3. The van der Waals surface area contributed by atoms with Crippen molar-refractivity contribution in [3.63, 3.8) is 0 Å². The summed E-state index contributed by atoms with van der Waals surface area (Å²) < 4.78 is 2.20. The Labute approximate surface area is 248 Å². The van der Waals surface area contributed by atoms with Crippen LogP contribution in [0.15, 0.2) is 140 Å². The van der Waals surface area contributed by atoms with Gasteiger partial charge in [-0.2, -0.15) is 5.26 Å². The Balaban J connectivity index is 1.37. The Morgan fingerprint density at radius 3 is 2.26 bits per heavy atom. The molecule has 0 radical (unpaired) electrons. The third-order valence-electron chi connectivity index (χ3n) is 7.91. The fraction of sp³-hybridized carbons (Fsp3) is 0. The van der Waals surface area contributed by atoms with E-state index in [1.807, 2.05) is 54.7 Å². The molecule has 5 heteroatoms. The molecule has 0 unspecified atom stereocenters. The number of benzene rings is 4. The van der Waals surface area contributed by atoms with E-state index in [0.29, 0.717) is 5.56 Å². The normalized spacial score (nSPS) is 11.2. The van der Waals surface area contributed by atoms with Gasteiger partial charge in [-0.05, 0) is 82.6 Å². The number of para-hydroxylation sites is 1. The molecule has 4 aromatic carbocycles. The van der Waals surface area contributed by atoms with Crippen molar-refractivity contribution in [1.82, 2.24) is 19.5 Å². The molecule has 0 aliphatic rings. The number of rotatable bonds is 4. The van der Waals surface area contributed by atoms with Crippen molar-refractivity contribution in [3.05, 3.63) is 145 Å². The van der Waals surface area contributed by atoms with E-state index in [1.165, 1.54) is 10.8 Å². The summed E-state index contributed by atoms with van der Waals surface area (Å²) in [6, 6.07) is 43.6. The first kappa shape index (κ1) is 24.7. The van der Waals surface area contributed by atoms with Gasteiger partial charge in [-0.25, -0.2) is 4.98 Å². The molecule has 0 saturated carbocycles. The Morgan fingerprint density at radius 1 is 0.558 bits per heavy atom. The highest BCUT2D eigenvalue weighted by molar-refractivity contribution is 6.08. The van der Waals surface area contributed by atoms with Crippen LogP contribution in [0.1, 0.15) is 5.56 Å². The van der Waals surface area contributed by atoms with Gasteiger partial charge in [0.15, 0.2) is 0 Å². The molecule has 43 heavy (non-hydrogen) atoms. The van der Waals surface area contributed by atoms with Crippen molar-refractivity contribution in [3.8, 4) is 45.5 Å². The summed E-state index contributed by atoms with van der Waals surface area (Å²) >= 11 is 0. The number of fused-ring (bicyclic) bond motifs is 4. The molecule has 0 spiro atoms. The first-order chi connectivity index (χ1) is 21.2. The Morgan fingerprint density at radius 2 is 1.37 bits per heavy atom. The molecule has 0 saturated heterocycles. The topological polar surface area (TPSA) is 67.4 Å². The summed E-state index contributed by atoms with van der Waals surface area (Å²) in [6.07, 6.45) is 5.49. The van der Waals surface area contributed by atoms with Crippen molar-refractivity contribution < 1.29 is 0 Å². The molecule has 0 bridgehead atoms. The standard InChI is InChI=1S/C38H23N5/c39-23-25-17-30(20-31(18-25)43-37-11-4-3-9-32(37)33-24-40-16-14-38(33)43)35-21-29(22-36(42-35)34-10-5-6-15-41-34)28-13-12-26-7-1-2-8-27(26)19-28/h1-22,24H. The second-order valence-corrected chi connectivity index (χ2v) is 10.5. The third-order valence-corrected chi connectivity index (χ3v) is 7.91. The molecular weight excluding hydrogens is 526 g/mol. The minimum atomic E-state index is 0.560. The highest BCUT2D eigenvalue weighted by atomic mass is 15.0. The molecule has 4 aromatic heterocycles. The van der Waals surface area contributed by atoms with Gasteiger partial charge in [0, 0.05) is 40.6 Å². The first-order valence-corrected chi connectivity index (χ1v) is 14.1.